The molecular formula is C29H34N4O2. The smallest absolute Gasteiger partial charge is 0.311 e. The molecule has 0 aliphatic carbocycles. The molecule has 6 nitrogen and oxygen atoms in total. The molecule has 1 unspecified atom stereocenters. The highest BCUT2D eigenvalue weighted by Crippen LogP contribution is 2.38. The molecule has 5 rings (SSSR count). The molecule has 0 bridgehead atoms. The van der Waals surface area contributed by atoms with Gasteiger partial charge in [-0.25, -0.2) is 9.97 Å². The van der Waals surface area contributed by atoms with Crippen LogP contribution in [-0.4, -0.2) is 40.7 Å². The molecule has 1 atom stereocenters. The van der Waals surface area contributed by atoms with E-state index in [1.165, 1.54) is 11.3 Å². The van der Waals surface area contributed by atoms with E-state index >= 15 is 0 Å². The van der Waals surface area contributed by atoms with Gasteiger partial charge in [0.1, 0.15) is 5.82 Å². The van der Waals surface area contributed by atoms with Gasteiger partial charge in [0.25, 0.3) is 0 Å². The molecule has 1 fully saturated rings. The number of hydrogen-bond donors (Lipinski definition) is 1. The molecule has 1 aromatic heterocycles. The van der Waals surface area contributed by atoms with Crippen LogP contribution < -0.4 is 9.80 Å². The Bertz CT molecular complexity index is 1270. The Hall–Kier alpha value is -3.41. The van der Waals surface area contributed by atoms with Crippen molar-refractivity contribution in [3.8, 4) is 11.4 Å². The molecule has 1 saturated heterocycles. The number of hydrogen-bond acceptors (Lipinski definition) is 5. The minimum Gasteiger partial charge on any atom is -0.481 e. The Kier molecular flexibility index (Phi) is 5.99. The summed E-state index contributed by atoms with van der Waals surface area (Å²) in [6, 6.07) is 14.8. The minimum atomic E-state index is -0.779. The van der Waals surface area contributed by atoms with E-state index in [4.69, 9.17) is 9.97 Å². The summed E-state index contributed by atoms with van der Waals surface area (Å²) < 4.78 is 0. The van der Waals surface area contributed by atoms with E-state index in [0.29, 0.717) is 13.0 Å². The Morgan fingerprint density at radius 1 is 0.943 bits per heavy atom. The molecule has 3 aromatic rings. The first-order chi connectivity index (χ1) is 16.8. The number of aliphatic carboxylic acids is 1. The third-order valence-electron chi connectivity index (χ3n) is 7.71. The number of anilines is 2. The van der Waals surface area contributed by atoms with Gasteiger partial charge in [-0.1, -0.05) is 36.4 Å². The lowest BCUT2D eigenvalue weighted by Crippen LogP contribution is -2.47. The van der Waals surface area contributed by atoms with Crippen LogP contribution in [0, 0.1) is 26.2 Å². The van der Waals surface area contributed by atoms with Crippen LogP contribution in [0.25, 0.3) is 11.4 Å². The normalized spacial score (nSPS) is 20.0. The zero-order valence-electron chi connectivity index (χ0n) is 21.1. The lowest BCUT2D eigenvalue weighted by molar-refractivity contribution is -0.148. The fraction of sp³-hybridized carbons (Fsp3) is 0.414. The van der Waals surface area contributed by atoms with Crippen molar-refractivity contribution in [1.29, 1.82) is 0 Å². The van der Waals surface area contributed by atoms with Crippen LogP contribution in [0.15, 0.2) is 42.5 Å². The molecule has 0 saturated carbocycles. The van der Waals surface area contributed by atoms with Crippen LogP contribution in [0.2, 0.25) is 0 Å². The first kappa shape index (κ1) is 23.3. The topological polar surface area (TPSA) is 69.6 Å². The first-order valence-corrected chi connectivity index (χ1v) is 12.5. The van der Waals surface area contributed by atoms with Gasteiger partial charge in [-0.3, -0.25) is 4.79 Å². The molecule has 35 heavy (non-hydrogen) atoms. The summed E-state index contributed by atoms with van der Waals surface area (Å²) in [5.74, 6) is 0.918. The predicted octanol–water partition coefficient (Wildman–Crippen LogP) is 5.32. The number of carbonyl (C=O) groups is 1. The maximum atomic E-state index is 12.1. The predicted molar refractivity (Wildman–Crippen MR) is 140 cm³/mol. The Morgan fingerprint density at radius 3 is 2.37 bits per heavy atom. The lowest BCUT2D eigenvalue weighted by atomic mass is 9.82. The van der Waals surface area contributed by atoms with E-state index in [2.05, 4.69) is 73.0 Å². The number of aromatic nitrogens is 2. The minimum absolute atomic E-state index is 0.461. The molecule has 2 aliphatic rings. The van der Waals surface area contributed by atoms with E-state index in [1.807, 2.05) is 6.92 Å². The second-order valence-electron chi connectivity index (χ2n) is 10.4. The SMILES string of the molecule is Cc1ccccc1N1CCc2nc(-c3c(C)cccc3C)nc(N3CCCC(C)(C(=O)O)C3)c2C1. The van der Waals surface area contributed by atoms with Crippen molar-refractivity contribution in [3.05, 3.63) is 70.4 Å². The van der Waals surface area contributed by atoms with Crippen molar-refractivity contribution in [3.63, 3.8) is 0 Å². The van der Waals surface area contributed by atoms with Crippen molar-refractivity contribution in [2.45, 2.75) is 53.5 Å². The molecule has 2 aliphatic heterocycles. The maximum Gasteiger partial charge on any atom is 0.311 e. The van der Waals surface area contributed by atoms with Crippen molar-refractivity contribution in [2.75, 3.05) is 29.4 Å². The van der Waals surface area contributed by atoms with E-state index < -0.39 is 11.4 Å². The zero-order chi connectivity index (χ0) is 24.7. The average Bonchev–Trinajstić information content (AvgIpc) is 2.83. The number of fused-ring (bicyclic) bond motifs is 1. The van der Waals surface area contributed by atoms with Gasteiger partial charge in [0.15, 0.2) is 5.82 Å². The highest BCUT2D eigenvalue weighted by atomic mass is 16.4. The van der Waals surface area contributed by atoms with E-state index in [1.54, 1.807) is 0 Å². The summed E-state index contributed by atoms with van der Waals surface area (Å²) in [5, 5.41) is 9.96. The Balaban J connectivity index is 1.63. The van der Waals surface area contributed by atoms with Crippen molar-refractivity contribution < 1.29 is 9.90 Å². The molecule has 0 spiro atoms. The lowest BCUT2D eigenvalue weighted by Gasteiger charge is -2.40. The van der Waals surface area contributed by atoms with Crippen molar-refractivity contribution in [2.24, 2.45) is 5.41 Å². The van der Waals surface area contributed by atoms with Crippen LogP contribution in [0.5, 0.6) is 0 Å². The average molecular weight is 471 g/mol. The van der Waals surface area contributed by atoms with E-state index in [0.717, 1.165) is 72.1 Å². The molecule has 6 heteroatoms. The zero-order valence-corrected chi connectivity index (χ0v) is 21.1. The summed E-state index contributed by atoms with van der Waals surface area (Å²) >= 11 is 0. The van der Waals surface area contributed by atoms with Gasteiger partial charge >= 0.3 is 5.97 Å². The van der Waals surface area contributed by atoms with Gasteiger partial charge in [-0.2, -0.15) is 0 Å². The second kappa shape index (κ2) is 8.99. The first-order valence-electron chi connectivity index (χ1n) is 12.5. The number of nitrogens with zero attached hydrogens (tertiary/aromatic N) is 4. The standard InChI is InChI=1S/C29H34N4O2/c1-19-9-5-6-12-24(19)32-16-13-23-22(17-32)27(33-15-8-14-29(4,18-33)28(34)35)31-26(30-23)25-20(2)10-7-11-21(25)3/h5-7,9-12H,8,13-18H2,1-4H3,(H,34,35). The third kappa shape index (κ3) is 4.26. The van der Waals surface area contributed by atoms with Gasteiger partial charge < -0.3 is 14.9 Å². The maximum absolute atomic E-state index is 12.1. The van der Waals surface area contributed by atoms with Crippen LogP contribution >= 0.6 is 0 Å². The van der Waals surface area contributed by atoms with Crippen molar-refractivity contribution in [1.82, 2.24) is 9.97 Å². The molecule has 1 N–H and O–H groups in total. The summed E-state index contributed by atoms with van der Waals surface area (Å²) in [7, 11) is 0. The van der Waals surface area contributed by atoms with Gasteiger partial charge in [0.2, 0.25) is 0 Å². The largest absolute Gasteiger partial charge is 0.481 e. The Morgan fingerprint density at radius 2 is 1.66 bits per heavy atom. The molecule has 182 valence electrons. The molecular weight excluding hydrogens is 436 g/mol. The van der Waals surface area contributed by atoms with E-state index in [-0.39, 0.29) is 0 Å². The van der Waals surface area contributed by atoms with Gasteiger partial charge in [0, 0.05) is 49.4 Å². The monoisotopic (exact) mass is 470 g/mol. The van der Waals surface area contributed by atoms with Crippen LogP contribution in [0.4, 0.5) is 11.5 Å². The third-order valence-corrected chi connectivity index (χ3v) is 7.71. The molecule has 0 amide bonds. The fourth-order valence-corrected chi connectivity index (χ4v) is 5.66. The van der Waals surface area contributed by atoms with Gasteiger partial charge in [-0.05, 0) is 63.3 Å². The molecule has 0 radical (unpaired) electrons. The van der Waals surface area contributed by atoms with Gasteiger partial charge in [-0.15, -0.1) is 0 Å². The highest BCUT2D eigenvalue weighted by Gasteiger charge is 2.39. The second-order valence-corrected chi connectivity index (χ2v) is 10.4. The van der Waals surface area contributed by atoms with Gasteiger partial charge in [0.05, 0.1) is 11.1 Å². The Labute approximate surface area is 207 Å². The number of para-hydroxylation sites is 1. The number of aryl methyl sites for hydroxylation is 3. The van der Waals surface area contributed by atoms with Crippen LogP contribution in [0.1, 0.15) is 47.7 Å². The quantitative estimate of drug-likeness (QED) is 0.556. The molecule has 3 heterocycles. The van der Waals surface area contributed by atoms with E-state index in [9.17, 15) is 9.90 Å². The number of benzene rings is 2. The number of piperidine rings is 1. The highest BCUT2D eigenvalue weighted by molar-refractivity contribution is 5.76. The summed E-state index contributed by atoms with van der Waals surface area (Å²) in [4.78, 5) is 27.0. The van der Waals surface area contributed by atoms with Crippen LogP contribution in [0.3, 0.4) is 0 Å². The number of rotatable bonds is 4. The van der Waals surface area contributed by atoms with Crippen molar-refractivity contribution >= 4 is 17.5 Å². The summed E-state index contributed by atoms with van der Waals surface area (Å²) in [6.45, 7) is 11.1. The fourth-order valence-electron chi connectivity index (χ4n) is 5.66. The molecule has 2 aromatic carbocycles. The number of carboxylic acids is 1. The van der Waals surface area contributed by atoms with Crippen LogP contribution in [-0.2, 0) is 17.8 Å². The summed E-state index contributed by atoms with van der Waals surface area (Å²) in [6.07, 6.45) is 2.36. The summed E-state index contributed by atoms with van der Waals surface area (Å²) in [5.41, 5.74) is 7.31. The number of carboxylic acid groups (broad SMARTS) is 1.